The SMILES string of the molecule is COCCCNC(=O)c1cc(-c2ccccc2)nc(=O)[nH]1. The summed E-state index contributed by atoms with van der Waals surface area (Å²) in [4.78, 5) is 29.9. The number of benzene rings is 1. The molecule has 1 aromatic heterocycles. The zero-order valence-corrected chi connectivity index (χ0v) is 11.8. The van der Waals surface area contributed by atoms with Crippen molar-refractivity contribution in [3.05, 3.63) is 52.6 Å². The average molecular weight is 287 g/mol. The van der Waals surface area contributed by atoms with E-state index in [2.05, 4.69) is 15.3 Å². The third-order valence-electron chi connectivity index (χ3n) is 2.87. The second-order valence-electron chi connectivity index (χ2n) is 4.45. The summed E-state index contributed by atoms with van der Waals surface area (Å²) in [6, 6.07) is 10.8. The van der Waals surface area contributed by atoms with Gasteiger partial charge in [-0.25, -0.2) is 4.79 Å². The third kappa shape index (κ3) is 4.25. The van der Waals surface area contributed by atoms with Crippen LogP contribution in [0.2, 0.25) is 0 Å². The Kier molecular flexibility index (Phi) is 5.22. The molecule has 2 aromatic rings. The number of carbonyl (C=O) groups is 1. The summed E-state index contributed by atoms with van der Waals surface area (Å²) >= 11 is 0. The van der Waals surface area contributed by atoms with Crippen LogP contribution in [0.5, 0.6) is 0 Å². The lowest BCUT2D eigenvalue weighted by atomic mass is 10.1. The van der Waals surface area contributed by atoms with Gasteiger partial charge in [0.1, 0.15) is 5.69 Å². The molecule has 6 nitrogen and oxygen atoms in total. The molecule has 6 heteroatoms. The summed E-state index contributed by atoms with van der Waals surface area (Å²) in [6.07, 6.45) is 0.711. The first kappa shape index (κ1) is 14.9. The predicted molar refractivity (Wildman–Crippen MR) is 79.1 cm³/mol. The zero-order chi connectivity index (χ0) is 15.1. The standard InChI is InChI=1S/C15H17N3O3/c1-21-9-5-8-16-14(19)13-10-12(17-15(20)18-13)11-6-3-2-4-7-11/h2-4,6-7,10H,5,8-9H2,1H3,(H,16,19)(H,17,18,20). The van der Waals surface area contributed by atoms with Crippen LogP contribution in [-0.2, 0) is 4.74 Å². The first-order valence-corrected chi connectivity index (χ1v) is 6.64. The molecule has 0 radical (unpaired) electrons. The summed E-state index contributed by atoms with van der Waals surface area (Å²) < 4.78 is 4.91. The highest BCUT2D eigenvalue weighted by Crippen LogP contribution is 2.14. The highest BCUT2D eigenvalue weighted by atomic mass is 16.5. The Bertz CT molecular complexity index is 653. The van der Waals surface area contributed by atoms with Crippen molar-refractivity contribution in [1.29, 1.82) is 0 Å². The first-order valence-electron chi connectivity index (χ1n) is 6.64. The number of nitrogens with one attached hydrogen (secondary N) is 2. The van der Waals surface area contributed by atoms with Crippen molar-refractivity contribution < 1.29 is 9.53 Å². The summed E-state index contributed by atoms with van der Waals surface area (Å²) in [6.45, 7) is 1.06. The fraction of sp³-hybridized carbons (Fsp3) is 0.267. The minimum Gasteiger partial charge on any atom is -0.385 e. The monoisotopic (exact) mass is 287 g/mol. The number of ether oxygens (including phenoxy) is 1. The van der Waals surface area contributed by atoms with E-state index in [0.29, 0.717) is 25.3 Å². The highest BCUT2D eigenvalue weighted by Gasteiger charge is 2.09. The normalized spacial score (nSPS) is 10.3. The number of hydrogen-bond acceptors (Lipinski definition) is 4. The van der Waals surface area contributed by atoms with Crippen LogP contribution in [0.15, 0.2) is 41.2 Å². The Labute approximate surface area is 122 Å². The summed E-state index contributed by atoms with van der Waals surface area (Å²) in [5, 5.41) is 2.72. The lowest BCUT2D eigenvalue weighted by molar-refractivity contribution is 0.0943. The lowest BCUT2D eigenvalue weighted by Gasteiger charge is -2.06. The maximum absolute atomic E-state index is 12.0. The molecule has 21 heavy (non-hydrogen) atoms. The molecule has 1 amide bonds. The Hall–Kier alpha value is -2.47. The van der Waals surface area contributed by atoms with Crippen LogP contribution in [0.4, 0.5) is 0 Å². The predicted octanol–water partition coefficient (Wildman–Crippen LogP) is 1.20. The maximum Gasteiger partial charge on any atom is 0.346 e. The smallest absolute Gasteiger partial charge is 0.346 e. The average Bonchev–Trinajstić information content (AvgIpc) is 2.51. The molecule has 0 fully saturated rings. The first-order chi connectivity index (χ1) is 10.2. The second kappa shape index (κ2) is 7.35. The largest absolute Gasteiger partial charge is 0.385 e. The topological polar surface area (TPSA) is 84.1 Å². The summed E-state index contributed by atoms with van der Waals surface area (Å²) in [5.41, 5.74) is 0.920. The van der Waals surface area contributed by atoms with Gasteiger partial charge in [-0.2, -0.15) is 4.98 Å². The molecule has 0 aliphatic carbocycles. The van der Waals surface area contributed by atoms with Crippen molar-refractivity contribution in [2.75, 3.05) is 20.3 Å². The van der Waals surface area contributed by atoms with Crippen molar-refractivity contribution in [2.24, 2.45) is 0 Å². The number of carbonyl (C=O) groups excluding carboxylic acids is 1. The van der Waals surface area contributed by atoms with Crippen LogP contribution in [0.1, 0.15) is 16.9 Å². The van der Waals surface area contributed by atoms with Crippen molar-refractivity contribution in [2.45, 2.75) is 6.42 Å². The Morgan fingerprint density at radius 1 is 1.33 bits per heavy atom. The van der Waals surface area contributed by atoms with Gasteiger partial charge >= 0.3 is 5.69 Å². The van der Waals surface area contributed by atoms with Crippen LogP contribution in [0, 0.1) is 0 Å². The molecule has 2 rings (SSSR count). The summed E-state index contributed by atoms with van der Waals surface area (Å²) in [7, 11) is 1.61. The molecule has 0 spiro atoms. The molecule has 1 aromatic carbocycles. The lowest BCUT2D eigenvalue weighted by Crippen LogP contribution is -2.28. The fourth-order valence-electron chi connectivity index (χ4n) is 1.85. The molecule has 0 atom stereocenters. The van der Waals surface area contributed by atoms with Gasteiger partial charge in [-0.3, -0.25) is 4.79 Å². The highest BCUT2D eigenvalue weighted by molar-refractivity contribution is 5.93. The zero-order valence-electron chi connectivity index (χ0n) is 11.8. The van der Waals surface area contributed by atoms with Gasteiger partial charge in [0, 0.05) is 25.8 Å². The quantitative estimate of drug-likeness (QED) is 0.782. The molecule has 2 N–H and O–H groups in total. The van der Waals surface area contributed by atoms with E-state index >= 15 is 0 Å². The fourth-order valence-corrected chi connectivity index (χ4v) is 1.85. The Balaban J connectivity index is 2.16. The van der Waals surface area contributed by atoms with Gasteiger partial charge in [-0.15, -0.1) is 0 Å². The number of rotatable bonds is 6. The molecule has 0 aliphatic rings. The number of amides is 1. The number of H-pyrrole nitrogens is 1. The number of aromatic nitrogens is 2. The van der Waals surface area contributed by atoms with Crippen molar-refractivity contribution in [3.63, 3.8) is 0 Å². The van der Waals surface area contributed by atoms with Crippen molar-refractivity contribution in [3.8, 4) is 11.3 Å². The minimum atomic E-state index is -0.543. The van der Waals surface area contributed by atoms with Gasteiger partial charge < -0.3 is 15.0 Å². The van der Waals surface area contributed by atoms with E-state index in [1.807, 2.05) is 30.3 Å². The van der Waals surface area contributed by atoms with E-state index in [9.17, 15) is 9.59 Å². The van der Waals surface area contributed by atoms with Gasteiger partial charge in [0.2, 0.25) is 0 Å². The van der Waals surface area contributed by atoms with Crippen molar-refractivity contribution in [1.82, 2.24) is 15.3 Å². The molecule has 110 valence electrons. The van der Waals surface area contributed by atoms with Crippen LogP contribution in [0.3, 0.4) is 0 Å². The molecular formula is C15H17N3O3. The van der Waals surface area contributed by atoms with Gasteiger partial charge in [0.15, 0.2) is 0 Å². The molecular weight excluding hydrogens is 270 g/mol. The number of aromatic amines is 1. The van der Waals surface area contributed by atoms with E-state index in [0.717, 1.165) is 5.56 Å². The Morgan fingerprint density at radius 2 is 2.10 bits per heavy atom. The minimum absolute atomic E-state index is 0.200. The third-order valence-corrected chi connectivity index (χ3v) is 2.87. The van der Waals surface area contributed by atoms with Gasteiger partial charge in [0.25, 0.3) is 5.91 Å². The molecule has 1 heterocycles. The van der Waals surface area contributed by atoms with E-state index in [1.165, 1.54) is 0 Å². The van der Waals surface area contributed by atoms with Gasteiger partial charge in [-0.1, -0.05) is 30.3 Å². The molecule has 0 saturated heterocycles. The molecule has 0 unspecified atom stereocenters. The van der Waals surface area contributed by atoms with Gasteiger partial charge in [0.05, 0.1) is 5.69 Å². The number of nitrogens with zero attached hydrogens (tertiary/aromatic N) is 1. The van der Waals surface area contributed by atoms with E-state index in [-0.39, 0.29) is 11.6 Å². The number of hydrogen-bond donors (Lipinski definition) is 2. The van der Waals surface area contributed by atoms with Gasteiger partial charge in [-0.05, 0) is 12.5 Å². The Morgan fingerprint density at radius 3 is 2.81 bits per heavy atom. The summed E-state index contributed by atoms with van der Waals surface area (Å²) in [5.74, 6) is -0.331. The second-order valence-corrected chi connectivity index (χ2v) is 4.45. The van der Waals surface area contributed by atoms with Crippen LogP contribution in [0.25, 0.3) is 11.3 Å². The maximum atomic E-state index is 12.0. The molecule has 0 aliphatic heterocycles. The van der Waals surface area contributed by atoms with E-state index < -0.39 is 5.69 Å². The van der Waals surface area contributed by atoms with E-state index in [4.69, 9.17) is 4.74 Å². The number of methoxy groups -OCH3 is 1. The van der Waals surface area contributed by atoms with Crippen molar-refractivity contribution >= 4 is 5.91 Å². The van der Waals surface area contributed by atoms with Crippen LogP contribution >= 0.6 is 0 Å². The van der Waals surface area contributed by atoms with Crippen LogP contribution < -0.4 is 11.0 Å². The molecule has 0 saturated carbocycles. The van der Waals surface area contributed by atoms with E-state index in [1.54, 1.807) is 13.2 Å². The van der Waals surface area contributed by atoms with Crippen LogP contribution in [-0.4, -0.2) is 36.1 Å². The molecule has 0 bridgehead atoms.